The highest BCUT2D eigenvalue weighted by Crippen LogP contribution is 2.46. The number of nitrogens with zero attached hydrogens (tertiary/aromatic N) is 11. The average Bonchev–Trinajstić information content (AvgIpc) is 1.54. The van der Waals surface area contributed by atoms with Crippen LogP contribution in [0, 0.1) is 0 Å². The van der Waals surface area contributed by atoms with E-state index in [9.17, 15) is 0 Å². The van der Waals surface area contributed by atoms with Crippen molar-refractivity contribution in [1.82, 2.24) is 53.8 Å². The Morgan fingerprint density at radius 1 is 0.190 bits per heavy atom. The summed E-state index contributed by atoms with van der Waals surface area (Å²) in [4.78, 5) is 31.6. The van der Waals surface area contributed by atoms with Crippen molar-refractivity contribution in [1.29, 1.82) is 0 Å². The Balaban J connectivity index is 0.000000110. The van der Waals surface area contributed by atoms with Gasteiger partial charge in [-0.3, -0.25) is 13.7 Å². The van der Waals surface area contributed by atoms with Gasteiger partial charge in [0.25, 0.3) is 0 Å². The quantitative estimate of drug-likeness (QED) is 0.0977. The summed E-state index contributed by atoms with van der Waals surface area (Å²) >= 11 is 0. The number of fused-ring (bicyclic) bond motifs is 23. The summed E-state index contributed by atoms with van der Waals surface area (Å²) in [7, 11) is 0. The van der Waals surface area contributed by atoms with Crippen LogP contribution in [0.1, 0.15) is 38.2 Å². The molecule has 0 atom stereocenters. The summed E-state index contributed by atoms with van der Waals surface area (Å²) < 4.78 is 12.9. The lowest BCUT2D eigenvalue weighted by molar-refractivity contribution is 0.584. The first-order chi connectivity index (χ1) is 70.3. The largest absolute Gasteiger partial charge is 0.416 e. The van der Waals surface area contributed by atoms with E-state index in [-0.39, 0.29) is 0 Å². The smallest absolute Gasteiger partial charge is 0.248 e. The number of imidazole rings is 3. The molecule has 0 radical (unpaired) electrons. The third-order valence-corrected chi connectivity index (χ3v) is 28.2. The number of benzene rings is 21. The molecule has 0 aliphatic carbocycles. The van der Waals surface area contributed by atoms with Crippen LogP contribution in [0.4, 0.5) is 0 Å². The van der Waals surface area contributed by atoms with Crippen molar-refractivity contribution < 1.29 is 4.42 Å². The van der Waals surface area contributed by atoms with Crippen LogP contribution in [-0.4, -0.2) is 53.8 Å². The standard InChI is InChI=1S/C48H33N3.C46H31N3.C36H25N5O/c1-2-45-50-48-44(51(45)40-12-4-3-5-13-40)27-26-42-41-14-8-9-15-43(41)49-47(46(42)48)33-19-16-32(17-20-33)35-22-23-38-30-39(25-24-37(38)29-35)36-21-18-31-10-6-7-11-34(31)28-36;1-2-43-48-46-42(49(43)32-12-4-3-5-13-32)27-26-39-38-18-10-11-19-41(38)47-45(44(39)46)30-22-20-29(21-23-30)31-24-25-37-35-16-7-6-14-33(35)34-15-8-9-17-36(34)40(37)28-31;1-2-31-38-34-30(41(31)26-13-7-4-8-14-26)22-21-28-27-15-9-10-16-29(27)37-33(32(28)34)23-17-19-25(20-18-23)36-40-39-35(42-36)24-11-5-3-6-12-24/h3-30H,2H2,1H3;3-28H,2H2,1H3;3-22H,2H2,1H3. The van der Waals surface area contributed by atoms with Gasteiger partial charge in [0.1, 0.15) is 17.5 Å². The molecule has 0 N–H and O–H groups in total. The topological polar surface area (TPSA) is 131 Å². The summed E-state index contributed by atoms with van der Waals surface area (Å²) in [5.74, 6) is 4.08. The van der Waals surface area contributed by atoms with E-state index in [0.717, 1.165) is 186 Å². The minimum absolute atomic E-state index is 0.480. The molecule has 12 heteroatoms. The van der Waals surface area contributed by atoms with Crippen molar-refractivity contribution in [3.63, 3.8) is 0 Å². The van der Waals surface area contributed by atoms with Gasteiger partial charge in [-0.05, 0) is 225 Å². The predicted octanol–water partition coefficient (Wildman–Crippen LogP) is 33.4. The van der Waals surface area contributed by atoms with E-state index in [0.29, 0.717) is 11.8 Å². The monoisotopic (exact) mass is 1820 g/mol. The van der Waals surface area contributed by atoms with Crippen LogP contribution in [0.2, 0.25) is 0 Å². The predicted molar refractivity (Wildman–Crippen MR) is 589 cm³/mol. The molecule has 0 amide bonds. The maximum Gasteiger partial charge on any atom is 0.248 e. The molecular weight excluding hydrogens is 1730 g/mol. The highest BCUT2D eigenvalue weighted by atomic mass is 16.4. The van der Waals surface area contributed by atoms with Gasteiger partial charge < -0.3 is 4.42 Å². The normalized spacial score (nSPS) is 11.7. The van der Waals surface area contributed by atoms with Gasteiger partial charge in [-0.2, -0.15) is 0 Å². The highest BCUT2D eigenvalue weighted by molar-refractivity contribution is 6.27. The van der Waals surface area contributed by atoms with Crippen LogP contribution in [0.15, 0.2) is 453 Å². The molecule has 0 spiro atoms. The number of aryl methyl sites for hydroxylation is 3. The van der Waals surface area contributed by atoms with Crippen LogP contribution in [0.25, 0.3) is 259 Å². The average molecular weight is 1820 g/mol. The van der Waals surface area contributed by atoms with Crippen molar-refractivity contribution in [2.45, 2.75) is 40.0 Å². The first-order valence-corrected chi connectivity index (χ1v) is 48.7. The number of hydrogen-bond acceptors (Lipinski definition) is 9. The molecule has 12 nitrogen and oxygen atoms in total. The molecular formula is C130H89N11O. The molecule has 142 heavy (non-hydrogen) atoms. The number of hydrogen-bond donors (Lipinski definition) is 0. The van der Waals surface area contributed by atoms with Gasteiger partial charge in [-0.15, -0.1) is 10.2 Å². The molecule has 7 heterocycles. The molecule has 0 fully saturated rings. The van der Waals surface area contributed by atoms with E-state index in [1.165, 1.54) is 98.0 Å². The Morgan fingerprint density at radius 3 is 0.831 bits per heavy atom. The Hall–Kier alpha value is -18.5. The zero-order valence-electron chi connectivity index (χ0n) is 78.2. The molecule has 0 saturated heterocycles. The van der Waals surface area contributed by atoms with Gasteiger partial charge in [0.2, 0.25) is 11.8 Å². The fourth-order valence-electron chi connectivity index (χ4n) is 21.3. The van der Waals surface area contributed by atoms with Crippen molar-refractivity contribution in [3.05, 3.63) is 466 Å². The van der Waals surface area contributed by atoms with Gasteiger partial charge in [-0.25, -0.2) is 29.9 Å². The third kappa shape index (κ3) is 14.6. The Labute approximate surface area is 818 Å². The SMILES string of the molecule is CCc1nc2c3c(-c4ccc(-c5ccc6c7ccccc7c7ccccc7c6c5)cc4)nc4ccccc4c3ccc2n1-c1ccccc1.CCc1nc2c3c(-c4ccc(-c5ccc6cc(-c7ccc8ccccc8c7)ccc6c5)cc4)nc4ccccc4c3ccc2n1-c1ccccc1.CCc1nc2c3c(-c4ccc(-c5nnc(-c6ccccc6)o5)cc4)nc4ccccc4c3ccc2n1-c1ccccc1. The summed E-state index contributed by atoms with van der Waals surface area (Å²) in [6, 6.07) is 159. The molecule has 28 aromatic rings. The van der Waals surface area contributed by atoms with E-state index in [4.69, 9.17) is 34.3 Å². The molecule has 670 valence electrons. The van der Waals surface area contributed by atoms with Gasteiger partial charge in [0.15, 0.2) is 0 Å². The fraction of sp³-hybridized carbons (Fsp3) is 0.0462. The maximum absolute atomic E-state index is 6.01. The van der Waals surface area contributed by atoms with E-state index in [1.807, 2.05) is 54.6 Å². The van der Waals surface area contributed by atoms with E-state index in [2.05, 4.69) is 439 Å². The summed E-state index contributed by atoms with van der Waals surface area (Å²) in [6.07, 6.45) is 2.46. The third-order valence-electron chi connectivity index (χ3n) is 28.2. The Bertz CT molecular complexity index is 9810. The summed E-state index contributed by atoms with van der Waals surface area (Å²) in [5, 5.41) is 31.4. The summed E-state index contributed by atoms with van der Waals surface area (Å²) in [5.41, 5.74) is 27.4. The van der Waals surface area contributed by atoms with Gasteiger partial charge in [-0.1, -0.05) is 348 Å². The molecule has 0 unspecified atom stereocenters. The zero-order valence-corrected chi connectivity index (χ0v) is 78.2. The minimum atomic E-state index is 0.480. The van der Waals surface area contributed by atoms with E-state index >= 15 is 0 Å². The number of rotatable bonds is 14. The number of aromatic nitrogens is 11. The number of pyridine rings is 3. The van der Waals surface area contributed by atoms with Crippen LogP contribution in [0.3, 0.4) is 0 Å². The zero-order chi connectivity index (χ0) is 94.4. The van der Waals surface area contributed by atoms with Gasteiger partial charge in [0, 0.05) is 96.5 Å². The van der Waals surface area contributed by atoms with E-state index < -0.39 is 0 Å². The molecule has 0 bridgehead atoms. The lowest BCUT2D eigenvalue weighted by atomic mass is 9.91. The van der Waals surface area contributed by atoms with Crippen molar-refractivity contribution in [2.24, 2.45) is 0 Å². The van der Waals surface area contributed by atoms with Crippen LogP contribution in [-0.2, 0) is 19.3 Å². The van der Waals surface area contributed by atoms with Crippen LogP contribution in [0.5, 0.6) is 0 Å². The lowest BCUT2D eigenvalue weighted by Gasteiger charge is -2.13. The lowest BCUT2D eigenvalue weighted by Crippen LogP contribution is -1.99. The first kappa shape index (κ1) is 84.0. The minimum Gasteiger partial charge on any atom is -0.416 e. The van der Waals surface area contributed by atoms with Gasteiger partial charge in [0.05, 0.1) is 66.7 Å². The molecule has 0 aliphatic rings. The second-order valence-electron chi connectivity index (χ2n) is 36.4. The number of para-hydroxylation sites is 6. The van der Waals surface area contributed by atoms with Crippen molar-refractivity contribution in [3.8, 4) is 107 Å². The van der Waals surface area contributed by atoms with Crippen molar-refractivity contribution >= 4 is 152 Å². The molecule has 21 aromatic carbocycles. The van der Waals surface area contributed by atoms with Crippen LogP contribution >= 0.6 is 0 Å². The highest BCUT2D eigenvalue weighted by Gasteiger charge is 2.26. The van der Waals surface area contributed by atoms with E-state index in [1.54, 1.807) is 0 Å². The van der Waals surface area contributed by atoms with Gasteiger partial charge >= 0.3 is 0 Å². The molecule has 7 aromatic heterocycles. The Kier molecular flexibility index (Phi) is 20.9. The second kappa shape index (κ2) is 35.2. The second-order valence-corrected chi connectivity index (χ2v) is 36.4. The Morgan fingerprint density at radius 2 is 0.451 bits per heavy atom. The van der Waals surface area contributed by atoms with Crippen molar-refractivity contribution in [2.75, 3.05) is 0 Å². The first-order valence-electron chi connectivity index (χ1n) is 48.7. The van der Waals surface area contributed by atoms with Crippen LogP contribution < -0.4 is 0 Å². The molecule has 28 rings (SSSR count). The maximum atomic E-state index is 6.01. The fourth-order valence-corrected chi connectivity index (χ4v) is 21.3. The molecule has 0 aliphatic heterocycles. The summed E-state index contributed by atoms with van der Waals surface area (Å²) in [6.45, 7) is 6.50. The molecule has 0 saturated carbocycles.